The summed E-state index contributed by atoms with van der Waals surface area (Å²) < 4.78 is 1.89. The zero-order valence-electron chi connectivity index (χ0n) is 11.2. The van der Waals surface area contributed by atoms with Crippen molar-refractivity contribution in [2.45, 2.75) is 20.0 Å². The summed E-state index contributed by atoms with van der Waals surface area (Å²) in [7, 11) is 0. The van der Waals surface area contributed by atoms with Crippen molar-refractivity contribution in [1.82, 2.24) is 19.9 Å². The molecular weight excluding hydrogens is 316 g/mol. The standard InChI is InChI=1S/C12H13ClN4O3S/c1-2-16(5-8-3-4-10(13)21-8)11(18)7-17-6-9(12(19)20)14-15-17/h3-4,6H,2,5,7H2,1H3,(H,19,20). The molecule has 0 fully saturated rings. The number of carbonyl (C=O) groups excluding carboxylic acids is 1. The van der Waals surface area contributed by atoms with E-state index in [-0.39, 0.29) is 18.1 Å². The predicted molar refractivity (Wildman–Crippen MR) is 77.4 cm³/mol. The van der Waals surface area contributed by atoms with E-state index in [1.54, 1.807) is 11.0 Å². The highest BCUT2D eigenvalue weighted by molar-refractivity contribution is 7.16. The molecule has 0 bridgehead atoms. The van der Waals surface area contributed by atoms with Gasteiger partial charge < -0.3 is 10.0 Å². The van der Waals surface area contributed by atoms with Gasteiger partial charge in [-0.3, -0.25) is 4.79 Å². The first-order valence-corrected chi connectivity index (χ1v) is 7.34. The minimum absolute atomic E-state index is 0.0484. The summed E-state index contributed by atoms with van der Waals surface area (Å²) in [6.07, 6.45) is 1.23. The maximum atomic E-state index is 12.2. The van der Waals surface area contributed by atoms with Gasteiger partial charge in [-0.15, -0.1) is 16.4 Å². The average molecular weight is 329 g/mol. The molecule has 2 heterocycles. The Hall–Kier alpha value is -1.93. The lowest BCUT2D eigenvalue weighted by molar-refractivity contribution is -0.132. The van der Waals surface area contributed by atoms with Crippen molar-refractivity contribution in [3.05, 3.63) is 33.2 Å². The molecule has 112 valence electrons. The molecule has 7 nitrogen and oxygen atoms in total. The number of aromatic carboxylic acids is 1. The van der Waals surface area contributed by atoms with Crippen LogP contribution < -0.4 is 0 Å². The molecule has 2 aromatic heterocycles. The van der Waals surface area contributed by atoms with Gasteiger partial charge in [0.1, 0.15) is 6.54 Å². The lowest BCUT2D eigenvalue weighted by Gasteiger charge is -2.19. The second-order valence-corrected chi connectivity index (χ2v) is 6.02. The molecule has 0 saturated carbocycles. The van der Waals surface area contributed by atoms with Gasteiger partial charge in [0.25, 0.3) is 0 Å². The van der Waals surface area contributed by atoms with Gasteiger partial charge in [0.15, 0.2) is 5.69 Å². The number of nitrogens with zero attached hydrogens (tertiary/aromatic N) is 4. The Kier molecular flexibility index (Phi) is 4.92. The van der Waals surface area contributed by atoms with E-state index < -0.39 is 5.97 Å². The molecule has 1 amide bonds. The zero-order valence-corrected chi connectivity index (χ0v) is 12.8. The first-order chi connectivity index (χ1) is 9.99. The highest BCUT2D eigenvalue weighted by atomic mass is 35.5. The highest BCUT2D eigenvalue weighted by Gasteiger charge is 2.16. The maximum absolute atomic E-state index is 12.2. The summed E-state index contributed by atoms with van der Waals surface area (Å²) >= 11 is 7.29. The fourth-order valence-electron chi connectivity index (χ4n) is 1.71. The average Bonchev–Trinajstić information content (AvgIpc) is 3.05. The molecule has 9 heteroatoms. The van der Waals surface area contributed by atoms with E-state index >= 15 is 0 Å². The van der Waals surface area contributed by atoms with Crippen molar-refractivity contribution >= 4 is 34.8 Å². The summed E-state index contributed by atoms with van der Waals surface area (Å²) in [6.45, 7) is 2.83. The first-order valence-electron chi connectivity index (χ1n) is 6.15. The molecule has 21 heavy (non-hydrogen) atoms. The molecule has 0 saturated heterocycles. The quantitative estimate of drug-likeness (QED) is 0.872. The molecule has 0 aliphatic heterocycles. The number of amides is 1. The van der Waals surface area contributed by atoms with E-state index in [2.05, 4.69) is 10.3 Å². The highest BCUT2D eigenvalue weighted by Crippen LogP contribution is 2.22. The molecule has 2 aromatic rings. The molecule has 0 radical (unpaired) electrons. The Bertz CT molecular complexity index is 654. The minimum Gasteiger partial charge on any atom is -0.476 e. The van der Waals surface area contributed by atoms with E-state index in [0.717, 1.165) is 4.88 Å². The Balaban J connectivity index is 2.00. The molecule has 1 N–H and O–H groups in total. The van der Waals surface area contributed by atoms with Crippen LogP contribution in [0.5, 0.6) is 0 Å². The molecule has 0 spiro atoms. The SMILES string of the molecule is CCN(Cc1ccc(Cl)s1)C(=O)Cn1cc(C(=O)O)nn1. The van der Waals surface area contributed by atoms with Gasteiger partial charge in [0.2, 0.25) is 5.91 Å². The van der Waals surface area contributed by atoms with Crippen LogP contribution in [0.1, 0.15) is 22.3 Å². The Labute approximate surface area is 129 Å². The van der Waals surface area contributed by atoms with Gasteiger partial charge in [-0.25, -0.2) is 9.48 Å². The third kappa shape index (κ3) is 4.02. The van der Waals surface area contributed by atoms with Crippen molar-refractivity contribution in [3.63, 3.8) is 0 Å². The van der Waals surface area contributed by atoms with E-state index in [0.29, 0.717) is 17.4 Å². The molecular formula is C12H13ClN4O3S. The number of hydrogen-bond donors (Lipinski definition) is 1. The van der Waals surface area contributed by atoms with Crippen molar-refractivity contribution < 1.29 is 14.7 Å². The topological polar surface area (TPSA) is 88.3 Å². The molecule has 2 rings (SSSR count). The normalized spacial score (nSPS) is 10.6. The van der Waals surface area contributed by atoms with Gasteiger partial charge in [-0.1, -0.05) is 16.8 Å². The maximum Gasteiger partial charge on any atom is 0.358 e. The lowest BCUT2D eigenvalue weighted by atomic mass is 10.4. The van der Waals surface area contributed by atoms with Gasteiger partial charge >= 0.3 is 5.97 Å². The summed E-state index contributed by atoms with van der Waals surface area (Å²) in [4.78, 5) is 25.5. The first kappa shape index (κ1) is 15.5. The summed E-state index contributed by atoms with van der Waals surface area (Å²) in [5.74, 6) is -1.34. The summed E-state index contributed by atoms with van der Waals surface area (Å²) in [6, 6.07) is 3.66. The number of aromatic nitrogens is 3. The molecule has 0 atom stereocenters. The van der Waals surface area contributed by atoms with Crippen LogP contribution in [0, 0.1) is 0 Å². The Morgan fingerprint density at radius 3 is 2.76 bits per heavy atom. The van der Waals surface area contributed by atoms with Gasteiger partial charge in [0, 0.05) is 11.4 Å². The van der Waals surface area contributed by atoms with Crippen LogP contribution >= 0.6 is 22.9 Å². The van der Waals surface area contributed by atoms with Crippen molar-refractivity contribution in [3.8, 4) is 0 Å². The fourth-order valence-corrected chi connectivity index (χ4v) is 2.82. The second kappa shape index (κ2) is 6.68. The van der Waals surface area contributed by atoms with Crippen LogP contribution in [-0.2, 0) is 17.9 Å². The minimum atomic E-state index is -1.17. The fraction of sp³-hybridized carbons (Fsp3) is 0.333. The predicted octanol–water partition coefficient (Wildman–Crippen LogP) is 1.74. The van der Waals surface area contributed by atoms with Crippen LogP contribution in [0.4, 0.5) is 0 Å². The van der Waals surface area contributed by atoms with Crippen LogP contribution in [0.3, 0.4) is 0 Å². The number of rotatable bonds is 6. The summed E-state index contributed by atoms with van der Waals surface area (Å²) in [5, 5.41) is 15.9. The molecule has 0 aliphatic rings. The zero-order chi connectivity index (χ0) is 15.4. The van der Waals surface area contributed by atoms with Gasteiger partial charge in [-0.2, -0.15) is 0 Å². The number of carboxylic acids is 1. The number of thiophene rings is 1. The Morgan fingerprint density at radius 1 is 1.48 bits per heavy atom. The third-order valence-corrected chi connectivity index (χ3v) is 3.98. The van der Waals surface area contributed by atoms with Crippen molar-refractivity contribution in [2.24, 2.45) is 0 Å². The van der Waals surface area contributed by atoms with Crippen molar-refractivity contribution in [1.29, 1.82) is 0 Å². The smallest absolute Gasteiger partial charge is 0.358 e. The van der Waals surface area contributed by atoms with Crippen LogP contribution in [-0.4, -0.2) is 43.4 Å². The number of likely N-dealkylation sites (N-methyl/N-ethyl adjacent to an activating group) is 1. The van der Waals surface area contributed by atoms with E-state index in [1.165, 1.54) is 22.2 Å². The van der Waals surface area contributed by atoms with E-state index in [4.69, 9.17) is 16.7 Å². The van der Waals surface area contributed by atoms with Crippen LogP contribution in [0.25, 0.3) is 0 Å². The number of carbonyl (C=O) groups is 2. The van der Waals surface area contributed by atoms with Crippen LogP contribution in [0.2, 0.25) is 4.34 Å². The largest absolute Gasteiger partial charge is 0.476 e. The molecule has 0 unspecified atom stereocenters. The van der Waals surface area contributed by atoms with Gasteiger partial charge in [0.05, 0.1) is 17.1 Å². The van der Waals surface area contributed by atoms with E-state index in [9.17, 15) is 9.59 Å². The van der Waals surface area contributed by atoms with Gasteiger partial charge in [-0.05, 0) is 19.1 Å². The van der Waals surface area contributed by atoms with Crippen LogP contribution in [0.15, 0.2) is 18.3 Å². The second-order valence-electron chi connectivity index (χ2n) is 4.22. The summed E-state index contributed by atoms with van der Waals surface area (Å²) in [5.41, 5.74) is -0.184. The molecule has 0 aromatic carbocycles. The van der Waals surface area contributed by atoms with E-state index in [1.807, 2.05) is 13.0 Å². The number of halogens is 1. The lowest BCUT2D eigenvalue weighted by Crippen LogP contribution is -2.33. The Morgan fingerprint density at radius 2 is 2.24 bits per heavy atom. The monoisotopic (exact) mass is 328 g/mol. The third-order valence-electron chi connectivity index (χ3n) is 2.77. The number of carboxylic acid groups (broad SMARTS) is 1. The van der Waals surface area contributed by atoms with Crippen molar-refractivity contribution in [2.75, 3.05) is 6.54 Å². The number of hydrogen-bond acceptors (Lipinski definition) is 5. The molecule has 0 aliphatic carbocycles.